The molecule has 2 aromatic carbocycles. The van der Waals surface area contributed by atoms with E-state index in [1.54, 1.807) is 6.07 Å². The van der Waals surface area contributed by atoms with Crippen LogP contribution in [0.5, 0.6) is 11.5 Å². The quantitative estimate of drug-likeness (QED) is 0.635. The molecule has 0 radical (unpaired) electrons. The standard InChI is InChI=1S/C16H8Cl2N2O4S/c17-8-4-9-13(10(18)5-8)19-16(25)20(15(9)22)14(21)7-1-2-11-12(3-7)24-6-23-11/h1-5H,6H2,(H,19,25). The Kier molecular flexibility index (Phi) is 3.79. The van der Waals surface area contributed by atoms with Crippen LogP contribution in [-0.4, -0.2) is 22.3 Å². The van der Waals surface area contributed by atoms with Gasteiger partial charge in [-0.1, -0.05) is 23.2 Å². The summed E-state index contributed by atoms with van der Waals surface area (Å²) in [5, 5.41) is 0.691. The zero-order valence-electron chi connectivity index (χ0n) is 12.3. The minimum Gasteiger partial charge on any atom is -0.454 e. The Hall–Kier alpha value is -2.35. The van der Waals surface area contributed by atoms with Gasteiger partial charge in [-0.25, -0.2) is 4.57 Å². The number of fused-ring (bicyclic) bond motifs is 2. The molecule has 126 valence electrons. The molecule has 0 atom stereocenters. The molecule has 25 heavy (non-hydrogen) atoms. The average Bonchev–Trinajstić information content (AvgIpc) is 3.03. The van der Waals surface area contributed by atoms with Gasteiger partial charge in [-0.2, -0.15) is 0 Å². The van der Waals surface area contributed by atoms with Gasteiger partial charge in [-0.3, -0.25) is 9.59 Å². The second-order valence-corrected chi connectivity index (χ2v) is 6.48. The smallest absolute Gasteiger partial charge is 0.269 e. The average molecular weight is 395 g/mol. The van der Waals surface area contributed by atoms with Crippen LogP contribution in [0.4, 0.5) is 0 Å². The monoisotopic (exact) mass is 394 g/mol. The highest BCUT2D eigenvalue weighted by molar-refractivity contribution is 7.71. The van der Waals surface area contributed by atoms with E-state index in [9.17, 15) is 9.59 Å². The van der Waals surface area contributed by atoms with Gasteiger partial charge < -0.3 is 14.5 Å². The first-order chi connectivity index (χ1) is 12.0. The van der Waals surface area contributed by atoms with Crippen LogP contribution in [0.1, 0.15) is 10.4 Å². The lowest BCUT2D eigenvalue weighted by molar-refractivity contribution is 0.0953. The summed E-state index contributed by atoms with van der Waals surface area (Å²) in [5.41, 5.74) is -0.0417. The molecule has 3 aromatic rings. The lowest BCUT2D eigenvalue weighted by Gasteiger charge is -2.09. The number of aromatic amines is 1. The normalized spacial score (nSPS) is 12.6. The fourth-order valence-electron chi connectivity index (χ4n) is 2.59. The number of benzene rings is 2. The number of H-pyrrole nitrogens is 1. The molecule has 0 saturated heterocycles. The third kappa shape index (κ3) is 2.60. The summed E-state index contributed by atoms with van der Waals surface area (Å²) in [6.45, 7) is 0.0833. The number of aromatic nitrogens is 2. The van der Waals surface area contributed by atoms with E-state index in [0.29, 0.717) is 17.0 Å². The van der Waals surface area contributed by atoms with Gasteiger partial charge in [0, 0.05) is 10.6 Å². The number of rotatable bonds is 1. The van der Waals surface area contributed by atoms with Gasteiger partial charge in [0.25, 0.3) is 11.5 Å². The summed E-state index contributed by atoms with van der Waals surface area (Å²) in [6, 6.07) is 7.55. The summed E-state index contributed by atoms with van der Waals surface area (Å²) in [7, 11) is 0. The van der Waals surface area contributed by atoms with E-state index >= 15 is 0 Å². The van der Waals surface area contributed by atoms with Crippen molar-refractivity contribution in [1.29, 1.82) is 0 Å². The SMILES string of the molecule is O=C(c1ccc2c(c1)OCO2)n1c(=S)[nH]c2c(Cl)cc(Cl)cc2c1=O. The Morgan fingerprint density at radius 1 is 1.16 bits per heavy atom. The molecule has 2 heterocycles. The molecular formula is C16H8Cl2N2O4S. The van der Waals surface area contributed by atoms with Crippen molar-refractivity contribution in [3.63, 3.8) is 0 Å². The molecule has 1 N–H and O–H groups in total. The van der Waals surface area contributed by atoms with Crippen LogP contribution >= 0.6 is 35.4 Å². The lowest BCUT2D eigenvalue weighted by atomic mass is 10.2. The highest BCUT2D eigenvalue weighted by Gasteiger charge is 2.20. The Labute approximate surface area is 155 Å². The number of ether oxygens (including phenoxy) is 2. The van der Waals surface area contributed by atoms with Gasteiger partial charge in [0.2, 0.25) is 6.79 Å². The largest absolute Gasteiger partial charge is 0.454 e. The summed E-state index contributed by atoms with van der Waals surface area (Å²) in [5.74, 6) is 0.370. The van der Waals surface area contributed by atoms with E-state index in [4.69, 9.17) is 44.9 Å². The van der Waals surface area contributed by atoms with Crippen molar-refractivity contribution in [1.82, 2.24) is 9.55 Å². The van der Waals surface area contributed by atoms with Crippen LogP contribution in [0.25, 0.3) is 10.9 Å². The number of carbonyl (C=O) groups excluding carboxylic acids is 1. The predicted octanol–water partition coefficient (Wildman–Crippen LogP) is 3.78. The van der Waals surface area contributed by atoms with Crippen molar-refractivity contribution in [2.45, 2.75) is 0 Å². The Balaban J connectivity index is 1.93. The molecule has 0 aliphatic carbocycles. The fraction of sp³-hybridized carbons (Fsp3) is 0.0625. The second-order valence-electron chi connectivity index (χ2n) is 5.25. The molecule has 9 heteroatoms. The van der Waals surface area contributed by atoms with Gasteiger partial charge in [-0.05, 0) is 42.5 Å². The second kappa shape index (κ2) is 5.87. The maximum absolute atomic E-state index is 12.8. The van der Waals surface area contributed by atoms with Crippen molar-refractivity contribution in [3.8, 4) is 11.5 Å². The van der Waals surface area contributed by atoms with E-state index in [1.165, 1.54) is 24.3 Å². The van der Waals surface area contributed by atoms with Crippen LogP contribution < -0.4 is 15.0 Å². The number of hydrogen-bond donors (Lipinski definition) is 1. The maximum Gasteiger partial charge on any atom is 0.269 e. The number of nitrogens with one attached hydrogen (secondary N) is 1. The number of hydrogen-bond acceptors (Lipinski definition) is 5. The van der Waals surface area contributed by atoms with Crippen molar-refractivity contribution in [2.24, 2.45) is 0 Å². The molecule has 1 aliphatic rings. The highest BCUT2D eigenvalue weighted by Crippen LogP contribution is 2.32. The molecule has 0 saturated carbocycles. The van der Waals surface area contributed by atoms with Crippen LogP contribution in [0, 0.1) is 4.77 Å². The topological polar surface area (TPSA) is 73.3 Å². The highest BCUT2D eigenvalue weighted by atomic mass is 35.5. The molecular weight excluding hydrogens is 387 g/mol. The Bertz CT molecular complexity index is 1170. The fourth-order valence-corrected chi connectivity index (χ4v) is 3.40. The summed E-state index contributed by atoms with van der Waals surface area (Å²) in [6.07, 6.45) is 0. The third-order valence-corrected chi connectivity index (χ3v) is 4.55. The van der Waals surface area contributed by atoms with E-state index in [2.05, 4.69) is 4.98 Å². The van der Waals surface area contributed by atoms with Crippen LogP contribution in [0.2, 0.25) is 10.0 Å². The van der Waals surface area contributed by atoms with Crippen molar-refractivity contribution in [2.75, 3.05) is 6.79 Å². The zero-order valence-corrected chi connectivity index (χ0v) is 14.7. The minimum absolute atomic E-state index is 0.0654. The molecule has 1 aromatic heterocycles. The maximum atomic E-state index is 12.8. The molecule has 0 unspecified atom stereocenters. The summed E-state index contributed by atoms with van der Waals surface area (Å²) < 4.78 is 11.3. The van der Waals surface area contributed by atoms with Crippen molar-refractivity contribution in [3.05, 3.63) is 61.1 Å². The molecule has 0 bridgehead atoms. The zero-order chi connectivity index (χ0) is 17.7. The third-order valence-electron chi connectivity index (χ3n) is 3.75. The Morgan fingerprint density at radius 2 is 1.92 bits per heavy atom. The van der Waals surface area contributed by atoms with Gasteiger partial charge >= 0.3 is 0 Å². The van der Waals surface area contributed by atoms with Crippen molar-refractivity contribution < 1.29 is 14.3 Å². The predicted molar refractivity (Wildman–Crippen MR) is 95.7 cm³/mol. The minimum atomic E-state index is -0.606. The van der Waals surface area contributed by atoms with E-state index < -0.39 is 11.5 Å². The first kappa shape index (κ1) is 16.1. The van der Waals surface area contributed by atoms with Gasteiger partial charge in [0.05, 0.1) is 15.9 Å². The lowest BCUT2D eigenvalue weighted by Crippen LogP contribution is -2.29. The molecule has 0 amide bonds. The van der Waals surface area contributed by atoms with Crippen LogP contribution in [-0.2, 0) is 0 Å². The van der Waals surface area contributed by atoms with Gasteiger partial charge in [0.1, 0.15) is 0 Å². The van der Waals surface area contributed by atoms with E-state index in [1.807, 2.05) is 0 Å². The van der Waals surface area contributed by atoms with Crippen molar-refractivity contribution >= 4 is 52.2 Å². The molecule has 0 spiro atoms. The van der Waals surface area contributed by atoms with Gasteiger partial charge in [0.15, 0.2) is 16.3 Å². The summed E-state index contributed by atoms with van der Waals surface area (Å²) >= 11 is 17.2. The van der Waals surface area contributed by atoms with Crippen LogP contribution in [0.3, 0.4) is 0 Å². The van der Waals surface area contributed by atoms with Gasteiger partial charge in [-0.15, -0.1) is 0 Å². The molecule has 0 fully saturated rings. The first-order valence-corrected chi connectivity index (χ1v) is 8.20. The van der Waals surface area contributed by atoms with E-state index in [-0.39, 0.29) is 32.6 Å². The number of halogens is 2. The van der Waals surface area contributed by atoms with E-state index in [0.717, 1.165) is 4.57 Å². The molecule has 1 aliphatic heterocycles. The number of carbonyl (C=O) groups is 1. The number of nitrogens with zero attached hydrogens (tertiary/aromatic N) is 1. The Morgan fingerprint density at radius 3 is 2.72 bits per heavy atom. The molecule has 4 rings (SSSR count). The first-order valence-electron chi connectivity index (χ1n) is 7.04. The molecule has 6 nitrogen and oxygen atoms in total. The van der Waals surface area contributed by atoms with Crippen LogP contribution in [0.15, 0.2) is 35.1 Å². The summed E-state index contributed by atoms with van der Waals surface area (Å²) in [4.78, 5) is 28.4.